The number of hydrogen-bond donors (Lipinski definition) is 4. The molecular weight excluding hydrogens is 741 g/mol. The normalized spacial score (nSPS) is 13.7. The number of unbranched alkanes of at least 4 members (excludes halogenated alkanes) is 13. The maximum absolute atomic E-state index is 12.6. The molecule has 55 heavy (non-hydrogen) atoms. The molecule has 18 nitrogen and oxygen atoms in total. The minimum Gasteiger partial charge on any atom is -0.480 e. The molecule has 0 amide bonds. The number of hydrogen-bond acceptors (Lipinski definition) is 15. The second-order valence-electron chi connectivity index (χ2n) is 13.2. The van der Waals surface area contributed by atoms with E-state index >= 15 is 0 Å². The van der Waals surface area contributed by atoms with E-state index in [9.17, 15) is 34.0 Å². The van der Waals surface area contributed by atoms with E-state index in [0.717, 1.165) is 38.5 Å². The first kappa shape index (κ1) is 47.2. The minimum absolute atomic E-state index is 0.0188. The number of aliphatic carboxylic acids is 1. The smallest absolute Gasteiger partial charge is 0.472 e. The highest BCUT2D eigenvalue weighted by atomic mass is 31.2. The number of phosphoric ester groups is 1. The predicted octanol–water partition coefficient (Wildman–Crippen LogP) is 7.14. The highest BCUT2D eigenvalue weighted by molar-refractivity contribution is 7.47. The van der Waals surface area contributed by atoms with Crippen LogP contribution >= 0.6 is 7.82 Å². The number of carboxylic acids is 1. The van der Waals surface area contributed by atoms with Gasteiger partial charge in [-0.25, -0.2) is 9.19 Å². The van der Waals surface area contributed by atoms with Crippen LogP contribution in [0.3, 0.4) is 0 Å². The van der Waals surface area contributed by atoms with Crippen LogP contribution in [0.25, 0.3) is 11.0 Å². The van der Waals surface area contributed by atoms with E-state index in [1.54, 1.807) is 0 Å². The van der Waals surface area contributed by atoms with E-state index in [-0.39, 0.29) is 29.6 Å². The molecule has 0 spiro atoms. The van der Waals surface area contributed by atoms with Gasteiger partial charge < -0.3 is 30.5 Å². The van der Waals surface area contributed by atoms with Crippen LogP contribution in [0.1, 0.15) is 122 Å². The van der Waals surface area contributed by atoms with Gasteiger partial charge in [-0.15, -0.1) is 0 Å². The summed E-state index contributed by atoms with van der Waals surface area (Å²) in [5, 5.41) is 30.5. The summed E-state index contributed by atoms with van der Waals surface area (Å²) in [6, 6.07) is 1.24. The maximum atomic E-state index is 12.6. The Hall–Kier alpha value is -3.96. The first-order valence-corrected chi connectivity index (χ1v) is 20.7. The summed E-state index contributed by atoms with van der Waals surface area (Å²) in [6.45, 7) is 0.759. The van der Waals surface area contributed by atoms with E-state index in [1.165, 1.54) is 50.7 Å². The number of carboxylic acid groups (broad SMARTS) is 1. The van der Waals surface area contributed by atoms with Crippen LogP contribution in [0.2, 0.25) is 0 Å². The Morgan fingerprint density at radius 3 is 2.11 bits per heavy atom. The van der Waals surface area contributed by atoms with Crippen molar-refractivity contribution in [1.29, 1.82) is 0 Å². The number of allylic oxidation sites excluding steroid dienone is 2. The van der Waals surface area contributed by atoms with Crippen LogP contribution in [-0.4, -0.2) is 81.7 Å². The van der Waals surface area contributed by atoms with Crippen LogP contribution in [0.15, 0.2) is 28.9 Å². The molecule has 0 radical (unpaired) electrons. The lowest BCUT2D eigenvalue weighted by Gasteiger charge is -2.20. The van der Waals surface area contributed by atoms with Crippen LogP contribution < -0.4 is 11.1 Å². The number of anilines is 1. The van der Waals surface area contributed by atoms with Gasteiger partial charge in [-0.1, -0.05) is 76.9 Å². The van der Waals surface area contributed by atoms with Gasteiger partial charge >= 0.3 is 31.4 Å². The Morgan fingerprint density at radius 1 is 0.873 bits per heavy atom. The summed E-state index contributed by atoms with van der Waals surface area (Å²) in [5.41, 5.74) is 5.83. The van der Waals surface area contributed by atoms with Crippen molar-refractivity contribution in [3.63, 3.8) is 0 Å². The number of carbonyl (C=O) groups is 3. The molecule has 19 heteroatoms. The number of nitrogens with two attached hydrogens (primary N) is 1. The van der Waals surface area contributed by atoms with E-state index < -0.39 is 62.6 Å². The lowest BCUT2D eigenvalue weighted by Crippen LogP contribution is -2.34. The molecule has 2 aromatic rings. The second-order valence-corrected chi connectivity index (χ2v) is 14.7. The van der Waals surface area contributed by atoms with Crippen molar-refractivity contribution in [2.75, 3.05) is 31.7 Å². The second kappa shape index (κ2) is 27.6. The third-order valence-corrected chi connectivity index (χ3v) is 9.44. The predicted molar refractivity (Wildman–Crippen MR) is 203 cm³/mol. The molecule has 0 fully saturated rings. The molecule has 0 aliphatic rings. The van der Waals surface area contributed by atoms with Crippen molar-refractivity contribution in [1.82, 2.24) is 10.3 Å². The van der Waals surface area contributed by atoms with Gasteiger partial charge in [-0.3, -0.25) is 33.5 Å². The van der Waals surface area contributed by atoms with Gasteiger partial charge in [-0.2, -0.15) is 0 Å². The highest BCUT2D eigenvalue weighted by Crippen LogP contribution is 2.43. The van der Waals surface area contributed by atoms with Gasteiger partial charge in [0.2, 0.25) is 5.52 Å². The number of esters is 2. The van der Waals surface area contributed by atoms with Crippen LogP contribution in [-0.2, 0) is 37.5 Å². The Labute approximate surface area is 321 Å². The lowest BCUT2D eigenvalue weighted by molar-refractivity contribution is -0.383. The molecule has 1 heterocycles. The SMILES string of the molecule is CCCCCCCC/C=C\CCCCCCCC(=O)OC[C@H](COP(=O)(O)OC[C@H](N)C(=O)O)OC(=O)CCCCCNc1ccc([N+](=O)[O-])c2nonc12. The molecule has 0 aliphatic heterocycles. The fourth-order valence-corrected chi connectivity index (χ4v) is 6.14. The number of rotatable bonds is 33. The summed E-state index contributed by atoms with van der Waals surface area (Å²) in [5.74, 6) is -2.63. The number of nitro benzene ring substituents is 1. The molecule has 1 unspecified atom stereocenters. The zero-order valence-corrected chi connectivity index (χ0v) is 32.7. The molecule has 1 aromatic carbocycles. The van der Waals surface area contributed by atoms with Crippen LogP contribution in [0, 0.1) is 10.1 Å². The van der Waals surface area contributed by atoms with Crippen molar-refractivity contribution in [2.24, 2.45) is 5.73 Å². The fourth-order valence-electron chi connectivity index (χ4n) is 5.36. The van der Waals surface area contributed by atoms with E-state index in [4.69, 9.17) is 24.8 Å². The van der Waals surface area contributed by atoms with E-state index in [0.29, 0.717) is 37.9 Å². The highest BCUT2D eigenvalue weighted by Gasteiger charge is 2.28. The van der Waals surface area contributed by atoms with Crippen molar-refractivity contribution in [2.45, 2.75) is 135 Å². The zero-order valence-electron chi connectivity index (χ0n) is 31.8. The molecule has 0 saturated carbocycles. The average molecular weight is 800 g/mol. The Balaban J connectivity index is 1.71. The van der Waals surface area contributed by atoms with Crippen molar-refractivity contribution >= 4 is 48.1 Å². The number of fused-ring (bicyclic) bond motifs is 1. The summed E-state index contributed by atoms with van der Waals surface area (Å²) < 4.78 is 37.1. The number of nitrogens with one attached hydrogen (secondary N) is 1. The number of carbonyl (C=O) groups excluding carboxylic acids is 2. The number of phosphoric acid groups is 1. The Bertz CT molecular complexity index is 1520. The first-order valence-electron chi connectivity index (χ1n) is 19.2. The Morgan fingerprint density at radius 2 is 1.45 bits per heavy atom. The molecule has 5 N–H and O–H groups in total. The van der Waals surface area contributed by atoms with Gasteiger partial charge in [0, 0.05) is 25.5 Å². The van der Waals surface area contributed by atoms with Crippen molar-refractivity contribution in [3.8, 4) is 0 Å². The first-order chi connectivity index (χ1) is 26.4. The third-order valence-electron chi connectivity index (χ3n) is 8.49. The number of benzene rings is 1. The van der Waals surface area contributed by atoms with Gasteiger partial charge in [0.25, 0.3) is 0 Å². The molecular formula is C36H58N5O13P. The fraction of sp³-hybridized carbons (Fsp3) is 0.694. The molecule has 0 bridgehead atoms. The molecule has 0 aliphatic carbocycles. The molecule has 3 atom stereocenters. The lowest BCUT2D eigenvalue weighted by atomic mass is 10.1. The monoisotopic (exact) mass is 799 g/mol. The molecule has 0 saturated heterocycles. The Kier molecular flexibility index (Phi) is 23.7. The summed E-state index contributed by atoms with van der Waals surface area (Å²) in [4.78, 5) is 56.5. The summed E-state index contributed by atoms with van der Waals surface area (Å²) in [6.07, 6.45) is 19.6. The molecule has 2 rings (SSSR count). The van der Waals surface area contributed by atoms with Gasteiger partial charge in [0.15, 0.2) is 11.6 Å². The van der Waals surface area contributed by atoms with E-state index in [1.807, 2.05) is 0 Å². The van der Waals surface area contributed by atoms with Gasteiger partial charge in [0.1, 0.15) is 12.6 Å². The van der Waals surface area contributed by atoms with Gasteiger partial charge in [-0.05, 0) is 61.3 Å². The zero-order chi connectivity index (χ0) is 40.3. The maximum Gasteiger partial charge on any atom is 0.472 e. The van der Waals surface area contributed by atoms with Gasteiger partial charge in [0.05, 0.1) is 23.8 Å². The number of aromatic nitrogens is 2. The minimum atomic E-state index is -4.79. The number of nitro groups is 1. The third kappa shape index (κ3) is 21.1. The average Bonchev–Trinajstić information content (AvgIpc) is 3.65. The van der Waals surface area contributed by atoms with Crippen LogP contribution in [0.5, 0.6) is 0 Å². The largest absolute Gasteiger partial charge is 0.480 e. The standard InChI is InChI=1S/C36H58N5O13P/c1-2-3-4-5-6-7-8-9-10-11-12-13-14-15-17-20-32(42)50-25-28(26-51-55(48,49)52-27-29(37)36(44)45)53-33(43)21-18-16-19-24-38-30-22-23-31(41(46)47)35-34(30)39-54-40-35/h9-10,22-23,28-29,38H,2-8,11-21,24-27,37H2,1H3,(H,44,45)(H,48,49)/b10-9-/t28-,29+/m1/s1. The number of ether oxygens (including phenoxy) is 2. The number of non-ortho nitro benzene ring substituents is 1. The summed E-state index contributed by atoms with van der Waals surface area (Å²) in [7, 11) is -4.79. The van der Waals surface area contributed by atoms with Crippen molar-refractivity contribution < 1.29 is 57.0 Å². The quantitative estimate of drug-likeness (QED) is 0.0139. The molecule has 310 valence electrons. The van der Waals surface area contributed by atoms with Crippen LogP contribution in [0.4, 0.5) is 11.4 Å². The molecule has 1 aromatic heterocycles. The van der Waals surface area contributed by atoms with Crippen molar-refractivity contribution in [3.05, 3.63) is 34.4 Å². The van der Waals surface area contributed by atoms with E-state index in [2.05, 4.69) is 43.9 Å². The number of nitrogens with zero attached hydrogens (tertiary/aromatic N) is 3. The summed E-state index contributed by atoms with van der Waals surface area (Å²) >= 11 is 0. The topological polar surface area (TPSA) is 266 Å².